The number of unbranched alkanes of at least 4 members (excludes halogenated alkanes) is 2. The molecule has 4 aromatic rings. The lowest BCUT2D eigenvalue weighted by atomic mass is 9.95. The van der Waals surface area contributed by atoms with Crippen LogP contribution in [0.15, 0.2) is 82.7 Å². The number of aliphatic hydroxyl groups is 1. The standard InChI is InChI=1S/C34H34ClN3O5S2/c1-3-5-6-19-43-27-9-7-8-24(20-27)29-28(30(39)23-12-16-26(17-13-23)42-18-4-2)31(40)32(41)38(29)33-36-37-34(45-33)44-21-22-10-14-25(35)15-11-22/h7-17,20,29,39H,3-6,18-19,21H2,1-2H3. The zero-order valence-corrected chi connectivity index (χ0v) is 27.5. The quantitative estimate of drug-likeness (QED) is 0.0358. The molecule has 0 spiro atoms. The van der Waals surface area contributed by atoms with Gasteiger partial charge in [-0.15, -0.1) is 10.2 Å². The van der Waals surface area contributed by atoms with E-state index in [4.69, 9.17) is 21.1 Å². The number of aliphatic hydroxyl groups excluding tert-OH is 1. The third-order valence-corrected chi connectivity index (χ3v) is 9.49. The first kappa shape index (κ1) is 32.5. The molecule has 0 saturated carbocycles. The summed E-state index contributed by atoms with van der Waals surface area (Å²) in [5.74, 6) is 0.0225. The van der Waals surface area contributed by atoms with Crippen LogP contribution in [0, 0.1) is 0 Å². The Morgan fingerprint density at radius 2 is 1.69 bits per heavy atom. The second kappa shape index (κ2) is 15.4. The summed E-state index contributed by atoms with van der Waals surface area (Å²) < 4.78 is 12.3. The summed E-state index contributed by atoms with van der Waals surface area (Å²) in [5.41, 5.74) is 2.03. The number of halogens is 1. The lowest BCUT2D eigenvalue weighted by Gasteiger charge is -2.23. The molecule has 8 nitrogen and oxygen atoms in total. The van der Waals surface area contributed by atoms with Crippen molar-refractivity contribution in [1.82, 2.24) is 10.2 Å². The first-order valence-electron chi connectivity index (χ1n) is 14.9. The van der Waals surface area contributed by atoms with Crippen LogP contribution in [-0.2, 0) is 15.3 Å². The lowest BCUT2D eigenvalue weighted by Crippen LogP contribution is -2.29. The van der Waals surface area contributed by atoms with Gasteiger partial charge in [0.25, 0.3) is 5.78 Å². The van der Waals surface area contributed by atoms with Crippen LogP contribution in [0.4, 0.5) is 5.13 Å². The topological polar surface area (TPSA) is 102 Å². The number of amides is 1. The van der Waals surface area contributed by atoms with E-state index in [-0.39, 0.29) is 16.5 Å². The van der Waals surface area contributed by atoms with E-state index in [9.17, 15) is 14.7 Å². The van der Waals surface area contributed by atoms with Gasteiger partial charge in [-0.25, -0.2) is 0 Å². The fourth-order valence-corrected chi connectivity index (χ4v) is 6.78. The Morgan fingerprint density at radius 1 is 0.933 bits per heavy atom. The number of rotatable bonds is 14. The van der Waals surface area contributed by atoms with Gasteiger partial charge < -0.3 is 14.6 Å². The Bertz CT molecular complexity index is 1660. The first-order chi connectivity index (χ1) is 21.9. The van der Waals surface area contributed by atoms with Crippen LogP contribution in [0.25, 0.3) is 5.76 Å². The van der Waals surface area contributed by atoms with Crippen LogP contribution in [0.3, 0.4) is 0 Å². The van der Waals surface area contributed by atoms with Gasteiger partial charge in [-0.1, -0.05) is 85.7 Å². The lowest BCUT2D eigenvalue weighted by molar-refractivity contribution is -0.132. The van der Waals surface area contributed by atoms with Crippen molar-refractivity contribution in [3.8, 4) is 11.5 Å². The van der Waals surface area contributed by atoms with Crippen LogP contribution in [0.2, 0.25) is 5.02 Å². The highest BCUT2D eigenvalue weighted by atomic mass is 35.5. The van der Waals surface area contributed by atoms with Crippen molar-refractivity contribution in [2.45, 2.75) is 55.7 Å². The van der Waals surface area contributed by atoms with Crippen molar-refractivity contribution in [2.24, 2.45) is 0 Å². The molecule has 11 heteroatoms. The maximum atomic E-state index is 13.7. The predicted octanol–water partition coefficient (Wildman–Crippen LogP) is 8.47. The van der Waals surface area contributed by atoms with Crippen LogP contribution in [0.5, 0.6) is 11.5 Å². The summed E-state index contributed by atoms with van der Waals surface area (Å²) >= 11 is 8.70. The van der Waals surface area contributed by atoms with Gasteiger partial charge in [0.15, 0.2) is 4.34 Å². The molecular formula is C34H34ClN3O5S2. The molecule has 1 unspecified atom stereocenters. The van der Waals surface area contributed by atoms with E-state index in [0.717, 1.165) is 31.2 Å². The third-order valence-electron chi connectivity index (χ3n) is 7.11. The van der Waals surface area contributed by atoms with Crippen molar-refractivity contribution >= 4 is 57.3 Å². The van der Waals surface area contributed by atoms with Crippen LogP contribution >= 0.6 is 34.7 Å². The molecule has 1 aliphatic rings. The van der Waals surface area contributed by atoms with Crippen LogP contribution in [-0.4, -0.2) is 40.2 Å². The van der Waals surface area contributed by atoms with Crippen molar-refractivity contribution < 1.29 is 24.2 Å². The number of ether oxygens (including phenoxy) is 2. The van der Waals surface area contributed by atoms with Gasteiger partial charge in [-0.05, 0) is 72.5 Å². The molecule has 1 atom stereocenters. The number of thioether (sulfide) groups is 1. The second-order valence-electron chi connectivity index (χ2n) is 10.4. The minimum absolute atomic E-state index is 0.0315. The minimum atomic E-state index is -0.942. The number of ketones is 1. The Morgan fingerprint density at radius 3 is 2.42 bits per heavy atom. The Hall–Kier alpha value is -3.86. The van der Waals surface area contributed by atoms with Crippen molar-refractivity contribution in [3.63, 3.8) is 0 Å². The number of Topliss-reactive ketones (excluding diaryl/α,β-unsaturated/α-hetero) is 1. The van der Waals surface area contributed by atoms with E-state index < -0.39 is 17.7 Å². The number of anilines is 1. The number of hydrogen-bond donors (Lipinski definition) is 1. The van der Waals surface area contributed by atoms with Crippen LogP contribution < -0.4 is 14.4 Å². The third kappa shape index (κ3) is 7.87. The van der Waals surface area contributed by atoms with Gasteiger partial charge in [-0.2, -0.15) is 0 Å². The summed E-state index contributed by atoms with van der Waals surface area (Å²) in [6.07, 6.45) is 3.90. The molecule has 0 radical (unpaired) electrons. The Labute approximate surface area is 276 Å². The van der Waals surface area contributed by atoms with Crippen molar-refractivity contribution in [3.05, 3.63) is 100 Å². The van der Waals surface area contributed by atoms with E-state index in [0.29, 0.717) is 51.0 Å². The van der Waals surface area contributed by atoms with E-state index in [2.05, 4.69) is 17.1 Å². The van der Waals surface area contributed by atoms with E-state index in [1.807, 2.05) is 55.5 Å². The number of hydrogen-bond acceptors (Lipinski definition) is 9. The molecule has 1 aliphatic heterocycles. The summed E-state index contributed by atoms with van der Waals surface area (Å²) in [4.78, 5) is 28.6. The van der Waals surface area contributed by atoms with E-state index in [1.54, 1.807) is 24.3 Å². The first-order valence-corrected chi connectivity index (χ1v) is 17.0. The smallest absolute Gasteiger partial charge is 0.301 e. The highest BCUT2D eigenvalue weighted by Crippen LogP contribution is 2.44. The van der Waals surface area contributed by atoms with Gasteiger partial charge in [-0.3, -0.25) is 14.5 Å². The van der Waals surface area contributed by atoms with Gasteiger partial charge in [0, 0.05) is 16.3 Å². The van der Waals surface area contributed by atoms with Gasteiger partial charge in [0.1, 0.15) is 17.3 Å². The SMILES string of the molecule is CCCCCOc1cccc(C2C(=C(O)c3ccc(OCCC)cc3)C(=O)C(=O)N2c2nnc(SCc3ccc(Cl)cc3)s2)c1. The van der Waals surface area contributed by atoms with Gasteiger partial charge >= 0.3 is 5.91 Å². The number of aromatic nitrogens is 2. The average Bonchev–Trinajstić information content (AvgIpc) is 3.63. The van der Waals surface area contributed by atoms with Crippen LogP contribution in [0.1, 0.15) is 62.3 Å². The van der Waals surface area contributed by atoms with Gasteiger partial charge in [0.2, 0.25) is 5.13 Å². The molecule has 2 heterocycles. The van der Waals surface area contributed by atoms with Crippen molar-refractivity contribution in [2.75, 3.05) is 18.1 Å². The Kier molecular flexibility index (Phi) is 11.2. The fraction of sp³-hybridized carbons (Fsp3) is 0.294. The molecule has 0 aliphatic carbocycles. The second-order valence-corrected chi connectivity index (χ2v) is 13.1. The molecule has 3 aromatic carbocycles. The molecule has 45 heavy (non-hydrogen) atoms. The molecule has 1 aromatic heterocycles. The molecular weight excluding hydrogens is 630 g/mol. The van der Waals surface area contributed by atoms with E-state index >= 15 is 0 Å². The maximum absolute atomic E-state index is 13.7. The summed E-state index contributed by atoms with van der Waals surface area (Å²) in [6.45, 7) is 5.26. The zero-order chi connectivity index (χ0) is 31.8. The molecule has 1 N–H and O–H groups in total. The molecule has 234 valence electrons. The van der Waals surface area contributed by atoms with Crippen molar-refractivity contribution in [1.29, 1.82) is 0 Å². The largest absolute Gasteiger partial charge is 0.507 e. The van der Waals surface area contributed by atoms with Gasteiger partial charge in [0.05, 0.1) is 24.8 Å². The molecule has 1 saturated heterocycles. The van der Waals surface area contributed by atoms with E-state index in [1.165, 1.54) is 28.0 Å². The number of carbonyl (C=O) groups excluding carboxylic acids is 2. The number of benzene rings is 3. The molecule has 0 bridgehead atoms. The number of carbonyl (C=O) groups is 2. The zero-order valence-electron chi connectivity index (χ0n) is 25.1. The highest BCUT2D eigenvalue weighted by Gasteiger charge is 2.48. The maximum Gasteiger partial charge on any atom is 0.301 e. The average molecular weight is 664 g/mol. The fourth-order valence-electron chi connectivity index (χ4n) is 4.83. The summed E-state index contributed by atoms with van der Waals surface area (Å²) in [5, 5.41) is 21.1. The summed E-state index contributed by atoms with van der Waals surface area (Å²) in [7, 11) is 0. The Balaban J connectivity index is 1.50. The molecule has 1 fully saturated rings. The normalized spacial score (nSPS) is 15.9. The highest BCUT2D eigenvalue weighted by molar-refractivity contribution is 8.00. The molecule has 5 rings (SSSR count). The predicted molar refractivity (Wildman–Crippen MR) is 179 cm³/mol. The molecule has 1 amide bonds. The number of nitrogens with zero attached hydrogens (tertiary/aromatic N) is 3. The minimum Gasteiger partial charge on any atom is -0.507 e. The monoisotopic (exact) mass is 663 g/mol. The summed E-state index contributed by atoms with van der Waals surface area (Å²) in [6, 6.07) is 20.7.